The van der Waals surface area contributed by atoms with E-state index in [0.29, 0.717) is 12.2 Å². The van der Waals surface area contributed by atoms with Gasteiger partial charge in [0, 0.05) is 17.9 Å². The van der Waals surface area contributed by atoms with Crippen LogP contribution in [0.3, 0.4) is 0 Å². The third kappa shape index (κ3) is 4.68. The predicted octanol–water partition coefficient (Wildman–Crippen LogP) is 3.69. The van der Waals surface area contributed by atoms with Gasteiger partial charge in [-0.25, -0.2) is 0 Å². The van der Waals surface area contributed by atoms with E-state index in [1.165, 1.54) is 0 Å². The Morgan fingerprint density at radius 1 is 1.00 bits per heavy atom. The topological polar surface area (TPSA) is 49.4 Å². The number of anilines is 2. The molecule has 0 atom stereocenters. The van der Waals surface area contributed by atoms with Crippen molar-refractivity contribution in [1.82, 2.24) is 0 Å². The fourth-order valence-electron chi connectivity index (χ4n) is 2.46. The highest BCUT2D eigenvalue weighted by molar-refractivity contribution is 6.09. The lowest BCUT2D eigenvalue weighted by Gasteiger charge is -2.21. The van der Waals surface area contributed by atoms with Crippen molar-refractivity contribution in [2.45, 2.75) is 27.2 Å². The molecule has 0 spiro atoms. The standard InChI is InChI=1S/C19H22N2O2/c1-4-21(17-10-6-8-15(3)12-17)19(23)13-18(22)20-16-9-5-7-14(2)11-16/h5-12H,4,13H2,1-3H3,(H,20,22). The average molecular weight is 310 g/mol. The number of hydrogen-bond donors (Lipinski definition) is 1. The molecule has 0 aliphatic heterocycles. The van der Waals surface area contributed by atoms with Crippen LogP contribution in [0, 0.1) is 13.8 Å². The molecule has 0 saturated heterocycles. The first-order valence-corrected chi connectivity index (χ1v) is 7.73. The first kappa shape index (κ1) is 16.7. The molecule has 4 heteroatoms. The SMILES string of the molecule is CCN(C(=O)CC(=O)Nc1cccc(C)c1)c1cccc(C)c1. The highest BCUT2D eigenvalue weighted by Crippen LogP contribution is 2.17. The summed E-state index contributed by atoms with van der Waals surface area (Å²) in [5, 5.41) is 2.77. The molecule has 4 nitrogen and oxygen atoms in total. The Morgan fingerprint density at radius 3 is 2.26 bits per heavy atom. The summed E-state index contributed by atoms with van der Waals surface area (Å²) < 4.78 is 0. The van der Waals surface area contributed by atoms with E-state index >= 15 is 0 Å². The molecule has 1 N–H and O–H groups in total. The summed E-state index contributed by atoms with van der Waals surface area (Å²) in [4.78, 5) is 26.1. The minimum Gasteiger partial charge on any atom is -0.326 e. The zero-order valence-corrected chi connectivity index (χ0v) is 13.8. The molecule has 0 unspecified atom stereocenters. The molecule has 0 fully saturated rings. The Hall–Kier alpha value is -2.62. The number of aryl methyl sites for hydroxylation is 2. The van der Waals surface area contributed by atoms with Gasteiger partial charge in [-0.15, -0.1) is 0 Å². The van der Waals surface area contributed by atoms with E-state index in [2.05, 4.69) is 5.32 Å². The number of nitrogens with zero attached hydrogens (tertiary/aromatic N) is 1. The highest BCUT2D eigenvalue weighted by Gasteiger charge is 2.17. The van der Waals surface area contributed by atoms with Crippen molar-refractivity contribution in [3.05, 3.63) is 59.7 Å². The van der Waals surface area contributed by atoms with Gasteiger partial charge < -0.3 is 10.2 Å². The van der Waals surface area contributed by atoms with Gasteiger partial charge in [0.15, 0.2) is 0 Å². The molecule has 2 rings (SSSR count). The van der Waals surface area contributed by atoms with Gasteiger partial charge in [-0.05, 0) is 56.2 Å². The summed E-state index contributed by atoms with van der Waals surface area (Å²) in [6, 6.07) is 15.2. The Morgan fingerprint density at radius 2 is 1.65 bits per heavy atom. The van der Waals surface area contributed by atoms with Crippen molar-refractivity contribution >= 4 is 23.2 Å². The van der Waals surface area contributed by atoms with Crippen LogP contribution in [-0.4, -0.2) is 18.4 Å². The van der Waals surface area contributed by atoms with E-state index < -0.39 is 0 Å². The molecule has 120 valence electrons. The van der Waals surface area contributed by atoms with Crippen molar-refractivity contribution in [1.29, 1.82) is 0 Å². The molecule has 0 aliphatic rings. The lowest BCUT2D eigenvalue weighted by atomic mass is 10.2. The van der Waals surface area contributed by atoms with Crippen LogP contribution in [0.15, 0.2) is 48.5 Å². The van der Waals surface area contributed by atoms with E-state index in [4.69, 9.17) is 0 Å². The van der Waals surface area contributed by atoms with Crippen LogP contribution in [0.5, 0.6) is 0 Å². The fourth-order valence-corrected chi connectivity index (χ4v) is 2.46. The van der Waals surface area contributed by atoms with Gasteiger partial charge >= 0.3 is 0 Å². The van der Waals surface area contributed by atoms with E-state index in [0.717, 1.165) is 16.8 Å². The van der Waals surface area contributed by atoms with Gasteiger partial charge in [-0.2, -0.15) is 0 Å². The number of nitrogens with one attached hydrogen (secondary N) is 1. The zero-order chi connectivity index (χ0) is 16.8. The van der Waals surface area contributed by atoms with E-state index in [1.54, 1.807) is 4.90 Å². The van der Waals surface area contributed by atoms with E-state index in [-0.39, 0.29) is 18.2 Å². The van der Waals surface area contributed by atoms with Crippen LogP contribution >= 0.6 is 0 Å². The van der Waals surface area contributed by atoms with Gasteiger partial charge in [0.1, 0.15) is 6.42 Å². The van der Waals surface area contributed by atoms with Crippen molar-refractivity contribution < 1.29 is 9.59 Å². The van der Waals surface area contributed by atoms with E-state index in [1.807, 2.05) is 69.3 Å². The minimum atomic E-state index is -0.299. The van der Waals surface area contributed by atoms with Crippen molar-refractivity contribution in [2.75, 3.05) is 16.8 Å². The monoisotopic (exact) mass is 310 g/mol. The molecule has 0 radical (unpaired) electrons. The minimum absolute atomic E-state index is 0.171. The molecule has 2 aromatic carbocycles. The van der Waals surface area contributed by atoms with Crippen LogP contribution in [0.25, 0.3) is 0 Å². The summed E-state index contributed by atoms with van der Waals surface area (Å²) in [7, 11) is 0. The summed E-state index contributed by atoms with van der Waals surface area (Å²) >= 11 is 0. The Balaban J connectivity index is 2.03. The maximum absolute atomic E-state index is 12.4. The zero-order valence-electron chi connectivity index (χ0n) is 13.8. The van der Waals surface area contributed by atoms with Gasteiger partial charge in [0.05, 0.1) is 0 Å². The smallest absolute Gasteiger partial charge is 0.236 e. The van der Waals surface area contributed by atoms with E-state index in [9.17, 15) is 9.59 Å². The Kier molecular flexibility index (Phi) is 5.52. The van der Waals surface area contributed by atoms with Gasteiger partial charge in [-0.3, -0.25) is 9.59 Å². The average Bonchev–Trinajstić information content (AvgIpc) is 2.47. The third-order valence-corrected chi connectivity index (χ3v) is 3.54. The van der Waals surface area contributed by atoms with Crippen molar-refractivity contribution in [3.8, 4) is 0 Å². The number of carbonyl (C=O) groups excluding carboxylic acids is 2. The van der Waals surface area contributed by atoms with Crippen LogP contribution in [0.4, 0.5) is 11.4 Å². The summed E-state index contributed by atoms with van der Waals surface area (Å²) in [5.74, 6) is -0.505. The summed E-state index contributed by atoms with van der Waals surface area (Å²) in [5.41, 5.74) is 3.67. The van der Waals surface area contributed by atoms with Gasteiger partial charge in [0.25, 0.3) is 0 Å². The number of rotatable bonds is 5. The quantitative estimate of drug-likeness (QED) is 0.856. The molecule has 0 aliphatic carbocycles. The van der Waals surface area contributed by atoms with Crippen LogP contribution in [0.2, 0.25) is 0 Å². The second-order valence-corrected chi connectivity index (χ2v) is 5.57. The van der Waals surface area contributed by atoms with Crippen LogP contribution < -0.4 is 10.2 Å². The second kappa shape index (κ2) is 7.58. The molecule has 2 amide bonds. The summed E-state index contributed by atoms with van der Waals surface area (Å²) in [6.45, 7) is 6.36. The summed E-state index contributed by atoms with van der Waals surface area (Å²) in [6.07, 6.45) is -0.171. The highest BCUT2D eigenvalue weighted by atomic mass is 16.2. The molecule has 0 heterocycles. The number of benzene rings is 2. The number of carbonyl (C=O) groups is 2. The van der Waals surface area contributed by atoms with Crippen molar-refractivity contribution in [3.63, 3.8) is 0 Å². The molecule has 0 saturated carbocycles. The molecular weight excluding hydrogens is 288 g/mol. The number of amides is 2. The second-order valence-electron chi connectivity index (χ2n) is 5.57. The Bertz CT molecular complexity index is 710. The lowest BCUT2D eigenvalue weighted by Crippen LogP contribution is -2.33. The molecule has 0 bridgehead atoms. The van der Waals surface area contributed by atoms with Crippen LogP contribution in [0.1, 0.15) is 24.5 Å². The molecular formula is C19H22N2O2. The normalized spacial score (nSPS) is 10.2. The Labute approximate surface area is 137 Å². The largest absolute Gasteiger partial charge is 0.326 e. The maximum atomic E-state index is 12.4. The molecule has 2 aromatic rings. The fraction of sp³-hybridized carbons (Fsp3) is 0.263. The first-order chi connectivity index (χ1) is 11.0. The number of hydrogen-bond acceptors (Lipinski definition) is 2. The van der Waals surface area contributed by atoms with Gasteiger partial charge in [0.2, 0.25) is 11.8 Å². The van der Waals surface area contributed by atoms with Crippen molar-refractivity contribution in [2.24, 2.45) is 0 Å². The molecule has 23 heavy (non-hydrogen) atoms. The predicted molar refractivity (Wildman–Crippen MR) is 93.6 cm³/mol. The maximum Gasteiger partial charge on any atom is 0.236 e. The van der Waals surface area contributed by atoms with Gasteiger partial charge in [-0.1, -0.05) is 24.3 Å². The lowest BCUT2D eigenvalue weighted by molar-refractivity contribution is -0.125. The van der Waals surface area contributed by atoms with Crippen LogP contribution in [-0.2, 0) is 9.59 Å². The third-order valence-electron chi connectivity index (χ3n) is 3.54. The molecule has 0 aromatic heterocycles. The first-order valence-electron chi connectivity index (χ1n) is 7.73.